The lowest BCUT2D eigenvalue weighted by molar-refractivity contribution is -0.152. The Kier molecular flexibility index (Phi) is 5.70. The second kappa shape index (κ2) is 7.74. The zero-order valence-electron chi connectivity index (χ0n) is 13.1. The first kappa shape index (κ1) is 16.2. The van der Waals surface area contributed by atoms with Crippen LogP contribution in [-0.4, -0.2) is 11.8 Å². The fourth-order valence-electron chi connectivity index (χ4n) is 2.38. The van der Waals surface area contributed by atoms with Crippen molar-refractivity contribution in [1.29, 1.82) is 0 Å². The molecular formula is C19H22O3. The summed E-state index contributed by atoms with van der Waals surface area (Å²) in [5.41, 5.74) is 1.96. The van der Waals surface area contributed by atoms with Crippen molar-refractivity contribution >= 4 is 11.8 Å². The van der Waals surface area contributed by atoms with Crippen molar-refractivity contribution in [3.8, 4) is 0 Å². The third kappa shape index (κ3) is 4.69. The van der Waals surface area contributed by atoms with Crippen LogP contribution in [0.3, 0.4) is 0 Å². The van der Waals surface area contributed by atoms with E-state index in [4.69, 9.17) is 4.74 Å². The van der Waals surface area contributed by atoms with Gasteiger partial charge in [-0.05, 0) is 31.2 Å². The van der Waals surface area contributed by atoms with Gasteiger partial charge in [-0.15, -0.1) is 0 Å². The van der Waals surface area contributed by atoms with Gasteiger partial charge in [-0.3, -0.25) is 9.59 Å². The van der Waals surface area contributed by atoms with E-state index < -0.39 is 11.9 Å². The fraction of sp³-hybridized carbons (Fsp3) is 0.368. The normalized spacial score (nSPS) is 18.5. The van der Waals surface area contributed by atoms with Gasteiger partial charge in [0.2, 0.25) is 0 Å². The molecule has 0 heterocycles. The molecule has 1 aromatic carbocycles. The Labute approximate surface area is 131 Å². The minimum absolute atomic E-state index is 0.147. The minimum Gasteiger partial charge on any atom is -0.460 e. The molecule has 0 radical (unpaired) electrons. The van der Waals surface area contributed by atoms with E-state index in [9.17, 15) is 9.59 Å². The average molecular weight is 298 g/mol. The molecular weight excluding hydrogens is 276 g/mol. The summed E-state index contributed by atoms with van der Waals surface area (Å²) < 4.78 is 5.30. The molecule has 0 N–H and O–H groups in total. The van der Waals surface area contributed by atoms with Crippen LogP contribution < -0.4 is 0 Å². The Morgan fingerprint density at radius 2 is 2.00 bits per heavy atom. The molecule has 1 aliphatic rings. The maximum atomic E-state index is 12.2. The summed E-state index contributed by atoms with van der Waals surface area (Å²) in [5.74, 6) is -0.784. The van der Waals surface area contributed by atoms with Crippen molar-refractivity contribution in [1.82, 2.24) is 0 Å². The Hall–Kier alpha value is -2.16. The van der Waals surface area contributed by atoms with E-state index in [0.29, 0.717) is 12.3 Å². The van der Waals surface area contributed by atoms with E-state index in [0.717, 1.165) is 17.6 Å². The van der Waals surface area contributed by atoms with Gasteiger partial charge < -0.3 is 4.74 Å². The summed E-state index contributed by atoms with van der Waals surface area (Å²) in [6.07, 6.45) is 7.60. The first-order chi connectivity index (χ1) is 10.6. The van der Waals surface area contributed by atoms with Crippen LogP contribution in [0.1, 0.15) is 32.3 Å². The summed E-state index contributed by atoms with van der Waals surface area (Å²) in [7, 11) is 0. The lowest BCUT2D eigenvalue weighted by Crippen LogP contribution is -2.25. The lowest BCUT2D eigenvalue weighted by Gasteiger charge is -2.17. The molecule has 2 rings (SSSR count). The number of carbonyl (C=O) groups excluding carboxylic acids is 2. The molecule has 2 atom stereocenters. The van der Waals surface area contributed by atoms with Gasteiger partial charge in [0.25, 0.3) is 0 Å². The topological polar surface area (TPSA) is 43.4 Å². The third-order valence-corrected chi connectivity index (χ3v) is 3.83. The molecule has 3 nitrogen and oxygen atoms in total. The van der Waals surface area contributed by atoms with Crippen molar-refractivity contribution < 1.29 is 14.3 Å². The van der Waals surface area contributed by atoms with Crippen molar-refractivity contribution in [2.45, 2.75) is 33.3 Å². The van der Waals surface area contributed by atoms with Crippen LogP contribution in [0, 0.1) is 11.8 Å². The van der Waals surface area contributed by atoms with E-state index in [1.165, 1.54) is 6.92 Å². The van der Waals surface area contributed by atoms with Gasteiger partial charge in [0, 0.05) is 0 Å². The van der Waals surface area contributed by atoms with Crippen LogP contribution in [0.2, 0.25) is 0 Å². The number of ether oxygens (including phenoxy) is 1. The first-order valence-electron chi connectivity index (χ1n) is 7.64. The molecule has 2 unspecified atom stereocenters. The highest BCUT2D eigenvalue weighted by molar-refractivity contribution is 5.98. The molecule has 0 aliphatic heterocycles. The molecule has 0 saturated carbocycles. The van der Waals surface area contributed by atoms with Gasteiger partial charge >= 0.3 is 5.97 Å². The number of benzene rings is 1. The molecule has 116 valence electrons. The van der Waals surface area contributed by atoms with Gasteiger partial charge in [-0.1, -0.05) is 61.1 Å². The van der Waals surface area contributed by atoms with Crippen LogP contribution in [-0.2, 0) is 20.9 Å². The number of allylic oxidation sites excluding steroid dienone is 4. The molecule has 3 heteroatoms. The quantitative estimate of drug-likeness (QED) is 0.592. The number of rotatable bonds is 6. The summed E-state index contributed by atoms with van der Waals surface area (Å²) >= 11 is 0. The summed E-state index contributed by atoms with van der Waals surface area (Å²) in [6, 6.07) is 9.48. The zero-order valence-corrected chi connectivity index (χ0v) is 13.1. The second-order valence-electron chi connectivity index (χ2n) is 5.81. The fourth-order valence-corrected chi connectivity index (χ4v) is 2.38. The Balaban J connectivity index is 1.94. The zero-order chi connectivity index (χ0) is 15.9. The highest BCUT2D eigenvalue weighted by Crippen LogP contribution is 2.23. The maximum absolute atomic E-state index is 12.2. The van der Waals surface area contributed by atoms with Gasteiger partial charge in [-0.25, -0.2) is 0 Å². The van der Waals surface area contributed by atoms with E-state index >= 15 is 0 Å². The second-order valence-corrected chi connectivity index (χ2v) is 5.81. The Morgan fingerprint density at radius 1 is 1.27 bits per heavy atom. The van der Waals surface area contributed by atoms with Gasteiger partial charge in [0.15, 0.2) is 0 Å². The van der Waals surface area contributed by atoms with E-state index in [1.807, 2.05) is 36.4 Å². The molecule has 0 amide bonds. The number of ketones is 1. The van der Waals surface area contributed by atoms with Gasteiger partial charge in [0.05, 0.1) is 0 Å². The van der Waals surface area contributed by atoms with E-state index in [-0.39, 0.29) is 12.4 Å². The number of carbonyl (C=O) groups is 2. The Morgan fingerprint density at radius 3 is 2.59 bits per heavy atom. The van der Waals surface area contributed by atoms with Gasteiger partial charge in [-0.2, -0.15) is 0 Å². The molecule has 0 bridgehead atoms. The largest absolute Gasteiger partial charge is 0.460 e. The molecule has 0 aromatic heterocycles. The molecule has 0 saturated heterocycles. The lowest BCUT2D eigenvalue weighted by atomic mass is 9.90. The van der Waals surface area contributed by atoms with Crippen molar-refractivity contribution in [2.24, 2.45) is 11.8 Å². The van der Waals surface area contributed by atoms with Crippen LogP contribution in [0.5, 0.6) is 0 Å². The van der Waals surface area contributed by atoms with E-state index in [1.54, 1.807) is 0 Å². The highest BCUT2D eigenvalue weighted by Gasteiger charge is 2.26. The number of Topliss-reactive ketones (excluding diaryl/α,β-unsaturated/α-hetero) is 1. The average Bonchev–Trinajstić information content (AvgIpc) is 2.52. The highest BCUT2D eigenvalue weighted by atomic mass is 16.5. The van der Waals surface area contributed by atoms with Crippen LogP contribution >= 0.6 is 0 Å². The molecule has 0 spiro atoms. The third-order valence-electron chi connectivity index (χ3n) is 3.83. The number of hydrogen-bond acceptors (Lipinski definition) is 3. The van der Waals surface area contributed by atoms with E-state index in [2.05, 4.69) is 19.1 Å². The summed E-state index contributed by atoms with van der Waals surface area (Å²) in [5, 5.41) is 0. The first-order valence-corrected chi connectivity index (χ1v) is 7.64. The van der Waals surface area contributed by atoms with Crippen LogP contribution in [0.25, 0.3) is 0 Å². The van der Waals surface area contributed by atoms with Crippen molar-refractivity contribution in [3.63, 3.8) is 0 Å². The molecule has 1 aliphatic carbocycles. The monoisotopic (exact) mass is 298 g/mol. The summed E-state index contributed by atoms with van der Waals surface area (Å²) in [6.45, 7) is 3.79. The SMILES string of the molecule is CC(=O)C(CC1=CCC(C)C=C1)C(=O)OCc1ccccc1. The molecule has 0 fully saturated rings. The van der Waals surface area contributed by atoms with Crippen LogP contribution in [0.4, 0.5) is 0 Å². The van der Waals surface area contributed by atoms with Gasteiger partial charge in [0.1, 0.15) is 18.3 Å². The standard InChI is InChI=1S/C19H22O3/c1-14-8-10-16(11-9-14)12-18(15(2)20)19(21)22-13-17-6-4-3-5-7-17/h3-8,10-11,14,18H,9,12-13H2,1-2H3. The predicted octanol–water partition coefficient (Wildman–Crippen LogP) is 3.85. The molecule has 22 heavy (non-hydrogen) atoms. The Bertz CT molecular complexity index is 584. The predicted molar refractivity (Wildman–Crippen MR) is 86.0 cm³/mol. The molecule has 1 aromatic rings. The van der Waals surface area contributed by atoms with Crippen molar-refractivity contribution in [3.05, 3.63) is 59.7 Å². The van der Waals surface area contributed by atoms with Crippen LogP contribution in [0.15, 0.2) is 54.1 Å². The summed E-state index contributed by atoms with van der Waals surface area (Å²) in [4.78, 5) is 24.0. The smallest absolute Gasteiger partial charge is 0.317 e. The number of hydrogen-bond donors (Lipinski definition) is 0. The maximum Gasteiger partial charge on any atom is 0.317 e. The number of esters is 1. The minimum atomic E-state index is -0.715. The van der Waals surface area contributed by atoms with Crippen molar-refractivity contribution in [2.75, 3.05) is 0 Å².